The number of primary amides is 1. The van der Waals surface area contributed by atoms with E-state index in [0.717, 1.165) is 43.5 Å². The first-order valence-corrected chi connectivity index (χ1v) is 6.98. The van der Waals surface area contributed by atoms with Gasteiger partial charge in [-0.2, -0.15) is 13.2 Å². The van der Waals surface area contributed by atoms with Gasteiger partial charge in [-0.25, -0.2) is 9.59 Å². The molecule has 9 heteroatoms. The third kappa shape index (κ3) is 6.05. The van der Waals surface area contributed by atoms with Crippen LogP contribution >= 0.6 is 0 Å². The first-order chi connectivity index (χ1) is 10.8. The van der Waals surface area contributed by atoms with Crippen LogP contribution in [0.5, 0.6) is 0 Å². The molecular weight excluding hydrogens is 315 g/mol. The Morgan fingerprint density at radius 1 is 1.22 bits per heavy atom. The van der Waals surface area contributed by atoms with Crippen molar-refractivity contribution in [3.8, 4) is 0 Å². The number of nitrogens with one attached hydrogen (secondary N) is 1. The summed E-state index contributed by atoms with van der Waals surface area (Å²) in [5.41, 5.74) is 3.94. The molecule has 0 unspecified atom stereocenters. The number of alkyl halides is 3. The van der Waals surface area contributed by atoms with Crippen LogP contribution < -0.4 is 16.1 Å². The Hall–Kier alpha value is -2.45. The van der Waals surface area contributed by atoms with Crippen molar-refractivity contribution in [1.82, 2.24) is 5.32 Å². The van der Waals surface area contributed by atoms with Crippen LogP contribution in [0.1, 0.15) is 31.7 Å². The summed E-state index contributed by atoms with van der Waals surface area (Å²) in [7, 11) is 0. The van der Waals surface area contributed by atoms with Crippen LogP contribution in [-0.2, 0) is 11.0 Å². The van der Waals surface area contributed by atoms with E-state index in [4.69, 9.17) is 5.73 Å². The van der Waals surface area contributed by atoms with E-state index in [0.29, 0.717) is 11.6 Å². The zero-order valence-electron chi connectivity index (χ0n) is 12.5. The van der Waals surface area contributed by atoms with Crippen LogP contribution in [0.4, 0.5) is 28.4 Å². The predicted molar refractivity (Wildman–Crippen MR) is 77.5 cm³/mol. The maximum Gasteiger partial charge on any atom is 0.429 e. The number of urea groups is 1. The Bertz CT molecular complexity index is 532. The zero-order chi connectivity index (χ0) is 17.5. The largest absolute Gasteiger partial charge is 0.429 e. The van der Waals surface area contributed by atoms with Crippen molar-refractivity contribution in [2.45, 2.75) is 32.4 Å². The number of carbonyl (C=O) groups excluding carboxylic acids is 2. The maximum absolute atomic E-state index is 12.5. The molecular formula is C14H18F3N3O3. The molecule has 0 atom stereocenters. The van der Waals surface area contributed by atoms with Crippen molar-refractivity contribution in [2.75, 3.05) is 11.6 Å². The van der Waals surface area contributed by atoms with Crippen molar-refractivity contribution in [2.24, 2.45) is 5.73 Å². The zero-order valence-corrected chi connectivity index (χ0v) is 12.5. The van der Waals surface area contributed by atoms with Gasteiger partial charge in [0.1, 0.15) is 0 Å². The monoisotopic (exact) mass is 333 g/mol. The van der Waals surface area contributed by atoms with Gasteiger partial charge >= 0.3 is 18.3 Å². The molecule has 128 valence electrons. The molecule has 3 amide bonds. The van der Waals surface area contributed by atoms with Gasteiger partial charge in [0.2, 0.25) is 0 Å². The van der Waals surface area contributed by atoms with Crippen LogP contribution in [0.3, 0.4) is 0 Å². The lowest BCUT2D eigenvalue weighted by atomic mass is 10.2. The summed E-state index contributed by atoms with van der Waals surface area (Å²) in [6, 6.07) is 2.78. The summed E-state index contributed by atoms with van der Waals surface area (Å²) < 4.78 is 37.6. The first kappa shape index (κ1) is 18.6. The minimum Gasteiger partial charge on any atom is -0.335 e. The van der Waals surface area contributed by atoms with Crippen molar-refractivity contribution >= 4 is 17.8 Å². The smallest absolute Gasteiger partial charge is 0.335 e. The molecule has 0 saturated carbocycles. The van der Waals surface area contributed by atoms with E-state index in [-0.39, 0.29) is 5.69 Å². The third-order valence-electron chi connectivity index (χ3n) is 2.85. The molecule has 3 N–H and O–H groups in total. The molecule has 0 aromatic heterocycles. The summed E-state index contributed by atoms with van der Waals surface area (Å²) in [5, 5.41) is 3.02. The molecule has 1 aromatic carbocycles. The molecule has 0 bridgehead atoms. The lowest BCUT2D eigenvalue weighted by Crippen LogP contribution is -2.43. The average molecular weight is 333 g/mol. The molecule has 0 fully saturated rings. The number of anilines is 1. The fourth-order valence-corrected chi connectivity index (χ4v) is 1.73. The first-order valence-electron chi connectivity index (χ1n) is 6.98. The van der Waals surface area contributed by atoms with Gasteiger partial charge in [0.15, 0.2) is 0 Å². The highest BCUT2D eigenvalue weighted by Gasteiger charge is 2.30. The quantitative estimate of drug-likeness (QED) is 0.639. The van der Waals surface area contributed by atoms with Gasteiger partial charge in [-0.1, -0.05) is 19.8 Å². The fraction of sp³-hybridized carbons (Fsp3) is 0.429. The number of hydroxylamine groups is 1. The Balaban J connectivity index is 2.84. The highest BCUT2D eigenvalue weighted by Crippen LogP contribution is 2.30. The van der Waals surface area contributed by atoms with Gasteiger partial charge in [-0.15, -0.1) is 5.06 Å². The molecule has 0 aliphatic carbocycles. The maximum atomic E-state index is 12.5. The number of hydrogen-bond donors (Lipinski definition) is 2. The number of halogens is 3. The molecule has 6 nitrogen and oxygen atoms in total. The van der Waals surface area contributed by atoms with Crippen molar-refractivity contribution < 1.29 is 27.6 Å². The Kier molecular flexibility index (Phi) is 6.67. The van der Waals surface area contributed by atoms with E-state index < -0.39 is 23.9 Å². The Morgan fingerprint density at radius 3 is 2.30 bits per heavy atom. The number of nitrogens with two attached hydrogens (primary N) is 1. The van der Waals surface area contributed by atoms with E-state index in [2.05, 4.69) is 10.2 Å². The molecule has 1 rings (SSSR count). The molecule has 23 heavy (non-hydrogen) atoms. The molecule has 1 aromatic rings. The van der Waals surface area contributed by atoms with Gasteiger partial charge in [0.25, 0.3) is 0 Å². The molecule has 0 heterocycles. The second-order valence-electron chi connectivity index (χ2n) is 4.69. The predicted octanol–water partition coefficient (Wildman–Crippen LogP) is 3.42. The fourth-order valence-electron chi connectivity index (χ4n) is 1.73. The van der Waals surface area contributed by atoms with E-state index in [9.17, 15) is 22.8 Å². The van der Waals surface area contributed by atoms with Crippen LogP contribution in [0.25, 0.3) is 0 Å². The number of nitrogens with zero attached hydrogens (tertiary/aromatic N) is 1. The average Bonchev–Trinajstić information content (AvgIpc) is 2.48. The topological polar surface area (TPSA) is 84.7 Å². The van der Waals surface area contributed by atoms with Crippen LogP contribution in [0.2, 0.25) is 0 Å². The summed E-state index contributed by atoms with van der Waals surface area (Å²) in [5.74, 6) is 0. The number of unbranched alkanes of at least 4 members (excludes halogenated alkanes) is 2. The Labute approximate surface area is 131 Å². The lowest BCUT2D eigenvalue weighted by molar-refractivity contribution is -0.137. The van der Waals surface area contributed by atoms with Crippen molar-refractivity contribution in [3.63, 3.8) is 0 Å². The van der Waals surface area contributed by atoms with E-state index in [1.807, 2.05) is 6.92 Å². The molecule has 0 saturated heterocycles. The van der Waals surface area contributed by atoms with E-state index in [1.54, 1.807) is 0 Å². The summed E-state index contributed by atoms with van der Waals surface area (Å²) >= 11 is 0. The number of amides is 3. The highest BCUT2D eigenvalue weighted by atomic mass is 19.4. The highest BCUT2D eigenvalue weighted by molar-refractivity contribution is 5.91. The molecule has 0 aliphatic rings. The number of benzene rings is 1. The van der Waals surface area contributed by atoms with Gasteiger partial charge in [-0.3, -0.25) is 0 Å². The van der Waals surface area contributed by atoms with Crippen LogP contribution in [-0.4, -0.2) is 18.7 Å². The summed E-state index contributed by atoms with van der Waals surface area (Å²) in [6.07, 6.45) is -3.18. The normalized spacial score (nSPS) is 11.0. The van der Waals surface area contributed by atoms with Crippen molar-refractivity contribution in [3.05, 3.63) is 29.8 Å². The number of hydrogen-bond acceptors (Lipinski definition) is 3. The third-order valence-corrected chi connectivity index (χ3v) is 2.85. The second-order valence-corrected chi connectivity index (χ2v) is 4.69. The van der Waals surface area contributed by atoms with Gasteiger partial charge < -0.3 is 15.9 Å². The second kappa shape index (κ2) is 8.25. The van der Waals surface area contributed by atoms with E-state index in [1.165, 1.54) is 0 Å². The van der Waals surface area contributed by atoms with Crippen LogP contribution in [0, 0.1) is 0 Å². The Morgan fingerprint density at radius 2 is 1.83 bits per heavy atom. The number of rotatable bonds is 5. The summed E-state index contributed by atoms with van der Waals surface area (Å²) in [6.45, 7) is 2.33. The van der Waals surface area contributed by atoms with Gasteiger partial charge in [0, 0.05) is 6.54 Å². The molecule has 0 spiro atoms. The lowest BCUT2D eigenvalue weighted by Gasteiger charge is -2.21. The minimum absolute atomic E-state index is 0.0511. The van der Waals surface area contributed by atoms with Gasteiger partial charge in [0.05, 0.1) is 11.3 Å². The SMILES string of the molecule is CCCCCNC(=O)N(OC(N)=O)c1ccc(C(F)(F)F)cc1. The number of carbonyl (C=O) groups is 2. The minimum atomic E-state index is -4.50. The standard InChI is InChI=1S/C14H18F3N3O3/c1-2-3-4-9-19-13(22)20(23-12(18)21)11-7-5-10(6-8-11)14(15,16)17/h5-8H,2-4,9H2,1H3,(H2,18,21)(H,19,22). The molecule has 0 radical (unpaired) electrons. The van der Waals surface area contributed by atoms with Gasteiger partial charge in [-0.05, 0) is 30.7 Å². The molecule has 0 aliphatic heterocycles. The van der Waals surface area contributed by atoms with Crippen LogP contribution in [0.15, 0.2) is 24.3 Å². The van der Waals surface area contributed by atoms with E-state index >= 15 is 0 Å². The summed E-state index contributed by atoms with van der Waals surface area (Å²) in [4.78, 5) is 27.4. The van der Waals surface area contributed by atoms with Crippen molar-refractivity contribution in [1.29, 1.82) is 0 Å².